The zero-order valence-corrected chi connectivity index (χ0v) is 22.5. The first-order valence-corrected chi connectivity index (χ1v) is 13.1. The van der Waals surface area contributed by atoms with Crippen LogP contribution in [-0.4, -0.2) is 67.2 Å². The Labute approximate surface area is 231 Å². The molecule has 0 unspecified atom stereocenters. The molecule has 3 heterocycles. The van der Waals surface area contributed by atoms with Crippen molar-refractivity contribution in [3.63, 3.8) is 0 Å². The highest BCUT2D eigenvalue weighted by Gasteiger charge is 2.40. The summed E-state index contributed by atoms with van der Waals surface area (Å²) in [4.78, 5) is 18.6. The number of hydrogen-bond donors (Lipinski definition) is 4. The normalized spacial score (nSPS) is 20.4. The Hall–Kier alpha value is -3.33. The molecular weight excluding hydrogens is 561 g/mol. The van der Waals surface area contributed by atoms with E-state index in [4.69, 9.17) is 10.5 Å². The van der Waals surface area contributed by atoms with Gasteiger partial charge in [0, 0.05) is 31.6 Å². The highest BCUT2D eigenvalue weighted by Crippen LogP contribution is 2.44. The van der Waals surface area contributed by atoms with E-state index < -0.39 is 87.5 Å². The molecule has 226 valence electrons. The fraction of sp³-hybridized carbons (Fsp3) is 0.538. The Bertz CT molecular complexity index is 1300. The molecule has 2 aromatic rings. The van der Waals surface area contributed by atoms with Gasteiger partial charge in [0.25, 0.3) is 11.8 Å². The number of ether oxygens (including phenoxy) is 1. The molecule has 2 aliphatic rings. The number of nitrogen functional groups attached to an aromatic ring is 1. The third kappa shape index (κ3) is 6.77. The lowest BCUT2D eigenvalue weighted by molar-refractivity contribution is -0.137. The van der Waals surface area contributed by atoms with Crippen molar-refractivity contribution in [3.8, 4) is 17.1 Å². The molecule has 4 rings (SSSR count). The molecule has 0 radical (unpaired) electrons. The molecule has 1 atom stereocenters. The second kappa shape index (κ2) is 11.9. The topological polar surface area (TPSA) is 105 Å². The van der Waals surface area contributed by atoms with Crippen molar-refractivity contribution >= 4 is 17.3 Å². The molecular formula is C26H31F7N6O2. The van der Waals surface area contributed by atoms with Crippen molar-refractivity contribution in [3.05, 3.63) is 34.4 Å². The number of pyridine rings is 1. The van der Waals surface area contributed by atoms with Crippen molar-refractivity contribution < 1.29 is 40.3 Å². The van der Waals surface area contributed by atoms with Crippen molar-refractivity contribution in [2.75, 3.05) is 50.4 Å². The van der Waals surface area contributed by atoms with Gasteiger partial charge in [-0.2, -0.15) is 13.2 Å². The van der Waals surface area contributed by atoms with Crippen LogP contribution < -0.4 is 26.4 Å². The zero-order chi connectivity index (χ0) is 30.1. The van der Waals surface area contributed by atoms with Crippen LogP contribution in [0.1, 0.15) is 47.7 Å². The van der Waals surface area contributed by atoms with Gasteiger partial charge in [0.05, 0.1) is 36.3 Å². The number of carbonyl (C=O) groups is 1. The minimum absolute atomic E-state index is 0.125. The van der Waals surface area contributed by atoms with Gasteiger partial charge >= 0.3 is 6.18 Å². The van der Waals surface area contributed by atoms with Crippen LogP contribution in [0.4, 0.5) is 42.1 Å². The van der Waals surface area contributed by atoms with E-state index in [-0.39, 0.29) is 32.6 Å². The largest absolute Gasteiger partial charge is 0.474 e. The number of nitrogens with one attached hydrogen (secondary N) is 3. The number of fused-ring (bicyclic) bond motifs is 1. The molecule has 1 aromatic carbocycles. The molecule has 1 aromatic heterocycles. The average Bonchev–Trinajstić information content (AvgIpc) is 2.89. The molecule has 5 N–H and O–H groups in total. The smallest absolute Gasteiger partial charge is 0.417 e. The summed E-state index contributed by atoms with van der Waals surface area (Å²) in [5.41, 5.74) is -0.208. The van der Waals surface area contributed by atoms with E-state index in [1.807, 2.05) is 0 Å². The Kier molecular flexibility index (Phi) is 8.87. The Morgan fingerprint density at radius 2 is 1.95 bits per heavy atom. The van der Waals surface area contributed by atoms with E-state index in [0.717, 1.165) is 6.92 Å². The first-order valence-electron chi connectivity index (χ1n) is 13.1. The van der Waals surface area contributed by atoms with Crippen LogP contribution in [0.15, 0.2) is 6.07 Å². The van der Waals surface area contributed by atoms with Gasteiger partial charge in [-0.3, -0.25) is 9.69 Å². The van der Waals surface area contributed by atoms with E-state index in [1.54, 1.807) is 6.92 Å². The summed E-state index contributed by atoms with van der Waals surface area (Å²) in [6, 6.07) is 0.622. The highest BCUT2D eigenvalue weighted by atomic mass is 19.4. The maximum Gasteiger partial charge on any atom is 0.417 e. The summed E-state index contributed by atoms with van der Waals surface area (Å²) in [7, 11) is 0. The van der Waals surface area contributed by atoms with Gasteiger partial charge in [-0.05, 0) is 44.9 Å². The third-order valence-electron chi connectivity index (χ3n) is 6.98. The summed E-state index contributed by atoms with van der Waals surface area (Å²) in [5, 5.41) is 8.30. The summed E-state index contributed by atoms with van der Waals surface area (Å²) in [6.07, 6.45) is -5.50. The first kappa shape index (κ1) is 30.6. The molecule has 1 amide bonds. The van der Waals surface area contributed by atoms with Crippen molar-refractivity contribution in [1.29, 1.82) is 0 Å². The van der Waals surface area contributed by atoms with Crippen LogP contribution in [0.25, 0.3) is 11.3 Å². The fourth-order valence-electron chi connectivity index (χ4n) is 4.96. The molecule has 0 bridgehead atoms. The van der Waals surface area contributed by atoms with E-state index >= 15 is 4.39 Å². The van der Waals surface area contributed by atoms with E-state index in [2.05, 4.69) is 20.9 Å². The summed E-state index contributed by atoms with van der Waals surface area (Å²) >= 11 is 0. The number of nitrogens with two attached hydrogens (primary N) is 1. The minimum Gasteiger partial charge on any atom is -0.474 e. The van der Waals surface area contributed by atoms with Crippen LogP contribution in [-0.2, 0) is 6.18 Å². The molecule has 1 saturated heterocycles. The number of carbonyl (C=O) groups excluding carboxylic acids is 1. The number of anilines is 2. The predicted molar refractivity (Wildman–Crippen MR) is 138 cm³/mol. The number of aromatic nitrogens is 1. The second-order valence-electron chi connectivity index (χ2n) is 10.2. The van der Waals surface area contributed by atoms with Crippen LogP contribution in [0.5, 0.6) is 5.88 Å². The van der Waals surface area contributed by atoms with Gasteiger partial charge < -0.3 is 26.4 Å². The summed E-state index contributed by atoms with van der Waals surface area (Å²) < 4.78 is 107. The Balaban J connectivity index is 1.93. The summed E-state index contributed by atoms with van der Waals surface area (Å²) in [6.45, 7) is 2.70. The molecule has 15 heteroatoms. The summed E-state index contributed by atoms with van der Waals surface area (Å²) in [5.74, 6) is -7.01. The lowest BCUT2D eigenvalue weighted by atomic mass is 9.95. The number of rotatable bonds is 4. The molecule has 41 heavy (non-hydrogen) atoms. The van der Waals surface area contributed by atoms with Gasteiger partial charge in [-0.15, -0.1) is 0 Å². The average molecular weight is 593 g/mol. The maximum absolute atomic E-state index is 16.3. The minimum atomic E-state index is -5.14. The number of alkyl halides is 5. The molecule has 0 spiro atoms. The molecule has 8 nitrogen and oxygen atoms in total. The maximum atomic E-state index is 16.3. The van der Waals surface area contributed by atoms with E-state index in [1.165, 1.54) is 4.90 Å². The zero-order valence-electron chi connectivity index (χ0n) is 22.5. The van der Waals surface area contributed by atoms with Gasteiger partial charge in [-0.25, -0.2) is 22.5 Å². The van der Waals surface area contributed by atoms with Crippen molar-refractivity contribution in [2.24, 2.45) is 0 Å². The van der Waals surface area contributed by atoms with E-state index in [0.29, 0.717) is 25.6 Å². The number of nitrogens with zero attached hydrogens (tertiary/aromatic N) is 2. The lowest BCUT2D eigenvalue weighted by Gasteiger charge is -2.33. The quantitative estimate of drug-likeness (QED) is 0.306. The SMILES string of the molecule is Cc1c(F)c(N)cc(-c2nc3c(c(NCN4CCCC(F)(F)C4)c2F)C(=O)NCCNCC[C@H](C)O3)c1C(F)(F)F. The van der Waals surface area contributed by atoms with Crippen molar-refractivity contribution in [1.82, 2.24) is 20.5 Å². The van der Waals surface area contributed by atoms with Gasteiger partial charge in [0.2, 0.25) is 5.88 Å². The number of benzene rings is 1. The highest BCUT2D eigenvalue weighted by molar-refractivity contribution is 6.03. The number of halogens is 7. The Morgan fingerprint density at radius 1 is 1.22 bits per heavy atom. The van der Waals surface area contributed by atoms with Crippen LogP contribution in [0.2, 0.25) is 0 Å². The molecule has 0 aliphatic carbocycles. The predicted octanol–water partition coefficient (Wildman–Crippen LogP) is 4.53. The first-order chi connectivity index (χ1) is 19.2. The van der Waals surface area contributed by atoms with Gasteiger partial charge in [0.1, 0.15) is 17.1 Å². The fourth-order valence-corrected chi connectivity index (χ4v) is 4.96. The van der Waals surface area contributed by atoms with Crippen LogP contribution >= 0.6 is 0 Å². The lowest BCUT2D eigenvalue weighted by Crippen LogP contribution is -2.44. The molecule has 1 fully saturated rings. The number of likely N-dealkylation sites (tertiary alicyclic amines) is 1. The van der Waals surface area contributed by atoms with Crippen LogP contribution in [0.3, 0.4) is 0 Å². The monoisotopic (exact) mass is 592 g/mol. The van der Waals surface area contributed by atoms with Gasteiger partial charge in [-0.1, -0.05) is 0 Å². The van der Waals surface area contributed by atoms with E-state index in [9.17, 15) is 31.1 Å². The standard InChI is InChI=1S/C26H31F7N6O2/c1-13-4-6-35-7-8-36-23(40)17-22(37-12-39-9-3-5-25(29,30)11-39)20(28)21(38-24(17)41-13)15-10-16(34)19(27)14(2)18(15)26(31,32)33/h10,13,35H,3-9,11-12,34H2,1-2H3,(H,36,40)(H,37,38)/t13-/m0/s1. The second-order valence-corrected chi connectivity index (χ2v) is 10.2. The molecule has 2 aliphatic heterocycles. The number of hydrogen-bond acceptors (Lipinski definition) is 7. The van der Waals surface area contributed by atoms with Gasteiger partial charge in [0.15, 0.2) is 5.82 Å². The molecule has 0 saturated carbocycles. The number of piperidine rings is 1. The van der Waals surface area contributed by atoms with Crippen molar-refractivity contribution in [2.45, 2.75) is 51.3 Å². The Morgan fingerprint density at radius 3 is 2.63 bits per heavy atom. The van der Waals surface area contributed by atoms with Crippen LogP contribution in [0, 0.1) is 18.6 Å². The third-order valence-corrected chi connectivity index (χ3v) is 6.98. The number of amides is 1.